The van der Waals surface area contributed by atoms with E-state index in [2.05, 4.69) is 59.4 Å². The number of aromatic nitrogens is 2. The lowest BCUT2D eigenvalue weighted by Gasteiger charge is -2.00. The third-order valence-corrected chi connectivity index (χ3v) is 2.77. The average Bonchev–Trinajstić information content (AvgIpc) is 2.36. The minimum absolute atomic E-state index is 0.222. The second kappa shape index (κ2) is 8.03. The van der Waals surface area contributed by atoms with E-state index in [4.69, 9.17) is 11.5 Å². The Labute approximate surface area is 133 Å². The highest BCUT2D eigenvalue weighted by Gasteiger charge is 1.92. The number of nitrogens with zero attached hydrogens (tertiary/aromatic N) is 2. The first-order valence-electron chi connectivity index (χ1n) is 5.02. The third kappa shape index (κ3) is 7.04. The van der Waals surface area contributed by atoms with Crippen LogP contribution in [-0.2, 0) is 0 Å². The summed E-state index contributed by atoms with van der Waals surface area (Å²) in [4.78, 5) is 7.80. The molecule has 5 nitrogen and oxygen atoms in total. The fourth-order valence-electron chi connectivity index (χ4n) is 0.963. The van der Waals surface area contributed by atoms with Crippen LogP contribution in [0.1, 0.15) is 0 Å². The Hall–Kier alpha value is -1.25. The SMILES string of the molecule is NC(=S)Nc1ccc(Br)cn1.Nc1ccc(Br)cn1. The summed E-state index contributed by atoms with van der Waals surface area (Å²) in [6, 6.07) is 7.23. The van der Waals surface area contributed by atoms with Gasteiger partial charge in [-0.2, -0.15) is 0 Å². The van der Waals surface area contributed by atoms with Crippen molar-refractivity contribution < 1.29 is 0 Å². The molecular weight excluding hydrogens is 394 g/mol. The van der Waals surface area contributed by atoms with Gasteiger partial charge in [0, 0.05) is 21.3 Å². The molecule has 8 heteroatoms. The number of hydrogen-bond acceptors (Lipinski definition) is 4. The van der Waals surface area contributed by atoms with E-state index in [1.807, 2.05) is 12.1 Å². The molecule has 0 spiro atoms. The van der Waals surface area contributed by atoms with E-state index in [0.29, 0.717) is 11.6 Å². The van der Waals surface area contributed by atoms with E-state index < -0.39 is 0 Å². The highest BCUT2D eigenvalue weighted by atomic mass is 79.9. The molecule has 0 aliphatic heterocycles. The van der Waals surface area contributed by atoms with Gasteiger partial charge in [0.15, 0.2) is 5.11 Å². The lowest BCUT2D eigenvalue weighted by molar-refractivity contribution is 1.30. The molecule has 19 heavy (non-hydrogen) atoms. The molecule has 0 unspecified atom stereocenters. The van der Waals surface area contributed by atoms with Crippen molar-refractivity contribution in [1.82, 2.24) is 9.97 Å². The van der Waals surface area contributed by atoms with E-state index >= 15 is 0 Å². The fraction of sp³-hybridized carbons (Fsp3) is 0. The number of pyridine rings is 2. The van der Waals surface area contributed by atoms with Gasteiger partial charge in [0.05, 0.1) is 0 Å². The number of nitrogen functional groups attached to an aromatic ring is 1. The molecule has 0 aliphatic rings. The zero-order chi connectivity index (χ0) is 14.3. The molecule has 0 amide bonds. The summed E-state index contributed by atoms with van der Waals surface area (Å²) < 4.78 is 1.87. The third-order valence-electron chi connectivity index (χ3n) is 1.73. The van der Waals surface area contributed by atoms with Gasteiger partial charge in [0.2, 0.25) is 0 Å². The van der Waals surface area contributed by atoms with Gasteiger partial charge in [-0.05, 0) is 68.3 Å². The molecule has 2 heterocycles. The van der Waals surface area contributed by atoms with Crippen LogP contribution in [0.2, 0.25) is 0 Å². The van der Waals surface area contributed by atoms with Crippen molar-refractivity contribution in [3.05, 3.63) is 45.6 Å². The van der Waals surface area contributed by atoms with Gasteiger partial charge >= 0.3 is 0 Å². The molecule has 2 aromatic heterocycles. The largest absolute Gasteiger partial charge is 0.384 e. The molecule has 0 saturated heterocycles. The van der Waals surface area contributed by atoms with Crippen LogP contribution in [0.25, 0.3) is 0 Å². The Bertz CT molecular complexity index is 509. The smallest absolute Gasteiger partial charge is 0.169 e. The Morgan fingerprint density at radius 1 is 1.05 bits per heavy atom. The molecule has 0 aliphatic carbocycles. The Kier molecular flexibility index (Phi) is 6.68. The van der Waals surface area contributed by atoms with Crippen LogP contribution in [0, 0.1) is 0 Å². The molecule has 0 radical (unpaired) electrons. The molecule has 0 bridgehead atoms. The first-order valence-corrected chi connectivity index (χ1v) is 7.02. The van der Waals surface area contributed by atoms with E-state index in [9.17, 15) is 0 Å². The zero-order valence-corrected chi connectivity index (χ0v) is 13.7. The lowest BCUT2D eigenvalue weighted by atomic mass is 10.5. The van der Waals surface area contributed by atoms with E-state index in [-0.39, 0.29) is 5.11 Å². The maximum absolute atomic E-state index is 5.29. The lowest BCUT2D eigenvalue weighted by Crippen LogP contribution is -2.19. The molecule has 0 fully saturated rings. The Morgan fingerprint density at radius 3 is 2.00 bits per heavy atom. The number of nitrogens with one attached hydrogen (secondary N) is 1. The van der Waals surface area contributed by atoms with Crippen molar-refractivity contribution in [3.63, 3.8) is 0 Å². The number of halogens is 2. The summed E-state index contributed by atoms with van der Waals surface area (Å²) in [6.45, 7) is 0. The van der Waals surface area contributed by atoms with Gasteiger partial charge in [-0.3, -0.25) is 0 Å². The van der Waals surface area contributed by atoms with Crippen molar-refractivity contribution in [3.8, 4) is 0 Å². The predicted octanol–water partition coefficient (Wildman–Crippen LogP) is 2.93. The van der Waals surface area contributed by atoms with E-state index in [0.717, 1.165) is 8.95 Å². The second-order valence-electron chi connectivity index (χ2n) is 3.25. The van der Waals surface area contributed by atoms with Gasteiger partial charge in [0.1, 0.15) is 11.6 Å². The van der Waals surface area contributed by atoms with Crippen LogP contribution >= 0.6 is 44.1 Å². The van der Waals surface area contributed by atoms with Crippen LogP contribution in [0.3, 0.4) is 0 Å². The highest BCUT2D eigenvalue weighted by Crippen LogP contribution is 2.09. The first kappa shape index (κ1) is 15.8. The number of anilines is 2. The van der Waals surface area contributed by atoms with E-state index in [1.165, 1.54) is 0 Å². The van der Waals surface area contributed by atoms with Crippen LogP contribution in [0.4, 0.5) is 11.6 Å². The summed E-state index contributed by atoms with van der Waals surface area (Å²) in [5.74, 6) is 1.20. The minimum Gasteiger partial charge on any atom is -0.384 e. The quantitative estimate of drug-likeness (QED) is 0.633. The van der Waals surface area contributed by atoms with Gasteiger partial charge in [0.25, 0.3) is 0 Å². The molecule has 0 saturated carbocycles. The number of nitrogens with two attached hydrogens (primary N) is 2. The summed E-state index contributed by atoms with van der Waals surface area (Å²) in [5, 5.41) is 2.93. The molecule has 5 N–H and O–H groups in total. The van der Waals surface area contributed by atoms with Crippen LogP contribution in [0.15, 0.2) is 45.6 Å². The van der Waals surface area contributed by atoms with Gasteiger partial charge in [-0.15, -0.1) is 0 Å². The standard InChI is InChI=1S/C6H6BrN3S.C5H5BrN2/c7-4-1-2-5(9-3-4)10-6(8)11;6-4-1-2-5(7)8-3-4/h1-3H,(H3,8,9,10,11);1-3H,(H2,7,8). The Morgan fingerprint density at radius 2 is 1.63 bits per heavy atom. The second-order valence-corrected chi connectivity index (χ2v) is 5.52. The Balaban J connectivity index is 0.000000200. The summed E-state index contributed by atoms with van der Waals surface area (Å²) in [5.41, 5.74) is 10.5. The molecular formula is C11H11Br2N5S. The van der Waals surface area contributed by atoms with Crippen molar-refractivity contribution in [2.24, 2.45) is 5.73 Å². The first-order chi connectivity index (χ1) is 8.97. The van der Waals surface area contributed by atoms with Crippen molar-refractivity contribution >= 4 is 60.8 Å². The minimum atomic E-state index is 0.222. The number of rotatable bonds is 1. The number of thiocarbonyl (C=S) groups is 1. The summed E-state index contributed by atoms with van der Waals surface area (Å²) in [7, 11) is 0. The summed E-state index contributed by atoms with van der Waals surface area (Å²) >= 11 is 11.1. The molecule has 0 aromatic carbocycles. The monoisotopic (exact) mass is 403 g/mol. The average molecular weight is 405 g/mol. The van der Waals surface area contributed by atoms with Gasteiger partial charge < -0.3 is 16.8 Å². The van der Waals surface area contributed by atoms with Crippen LogP contribution in [0.5, 0.6) is 0 Å². The van der Waals surface area contributed by atoms with Gasteiger partial charge in [-0.25, -0.2) is 9.97 Å². The fourth-order valence-corrected chi connectivity index (χ4v) is 1.54. The zero-order valence-electron chi connectivity index (χ0n) is 9.68. The van der Waals surface area contributed by atoms with Crippen molar-refractivity contribution in [2.75, 3.05) is 11.1 Å². The maximum atomic E-state index is 5.29. The molecule has 2 rings (SSSR count). The van der Waals surface area contributed by atoms with Crippen LogP contribution < -0.4 is 16.8 Å². The van der Waals surface area contributed by atoms with Crippen molar-refractivity contribution in [2.45, 2.75) is 0 Å². The normalized spacial score (nSPS) is 9.16. The highest BCUT2D eigenvalue weighted by molar-refractivity contribution is 9.10. The van der Waals surface area contributed by atoms with Gasteiger partial charge in [-0.1, -0.05) is 0 Å². The topological polar surface area (TPSA) is 89.8 Å². The summed E-state index contributed by atoms with van der Waals surface area (Å²) in [6.07, 6.45) is 3.33. The molecule has 100 valence electrons. The molecule has 2 aromatic rings. The number of hydrogen-bond donors (Lipinski definition) is 3. The predicted molar refractivity (Wildman–Crippen MR) is 88.7 cm³/mol. The van der Waals surface area contributed by atoms with Crippen LogP contribution in [-0.4, -0.2) is 15.1 Å². The maximum Gasteiger partial charge on any atom is 0.169 e. The van der Waals surface area contributed by atoms with E-state index in [1.54, 1.807) is 24.5 Å². The molecule has 0 atom stereocenters. The van der Waals surface area contributed by atoms with Crippen molar-refractivity contribution in [1.29, 1.82) is 0 Å².